The van der Waals surface area contributed by atoms with E-state index in [0.29, 0.717) is 18.9 Å². The number of ether oxygens (including phenoxy) is 1. The first kappa shape index (κ1) is 17.3. The standard InChI is InChI=1S/C18H23N5O2/c1-23(11-7-14-4-2-3-10-19-14)17-6-5-16(21-22-17)18(24)20-15-8-12-25-13-9-15/h2-6,10,15H,7-9,11-13H2,1H3,(H,20,24). The number of hydrogen-bond donors (Lipinski definition) is 1. The van der Waals surface area contributed by atoms with E-state index in [1.54, 1.807) is 12.3 Å². The summed E-state index contributed by atoms with van der Waals surface area (Å²) in [4.78, 5) is 18.5. The Hall–Kier alpha value is -2.54. The van der Waals surface area contributed by atoms with Gasteiger partial charge in [0.05, 0.1) is 0 Å². The van der Waals surface area contributed by atoms with E-state index in [1.807, 2.05) is 36.2 Å². The largest absolute Gasteiger partial charge is 0.381 e. The SMILES string of the molecule is CN(CCc1ccccn1)c1ccc(C(=O)NC2CCOCC2)nn1. The van der Waals surface area contributed by atoms with Crippen molar-refractivity contribution >= 4 is 11.7 Å². The smallest absolute Gasteiger partial charge is 0.272 e. The Labute approximate surface area is 147 Å². The van der Waals surface area contributed by atoms with Gasteiger partial charge in [0.1, 0.15) is 0 Å². The summed E-state index contributed by atoms with van der Waals surface area (Å²) in [5.41, 5.74) is 1.38. The molecule has 1 N–H and O–H groups in total. The predicted octanol–water partition coefficient (Wildman–Crippen LogP) is 1.46. The van der Waals surface area contributed by atoms with Crippen LogP contribution in [0.5, 0.6) is 0 Å². The molecule has 1 saturated heterocycles. The molecule has 7 heteroatoms. The average Bonchev–Trinajstić information content (AvgIpc) is 2.68. The minimum absolute atomic E-state index is 0.156. The molecule has 7 nitrogen and oxygen atoms in total. The number of hydrogen-bond acceptors (Lipinski definition) is 6. The van der Waals surface area contributed by atoms with E-state index >= 15 is 0 Å². The number of anilines is 1. The van der Waals surface area contributed by atoms with E-state index in [-0.39, 0.29) is 11.9 Å². The lowest BCUT2D eigenvalue weighted by molar-refractivity contribution is 0.0693. The molecule has 0 aliphatic carbocycles. The zero-order valence-electron chi connectivity index (χ0n) is 14.4. The maximum Gasteiger partial charge on any atom is 0.272 e. The molecule has 0 bridgehead atoms. The van der Waals surface area contributed by atoms with Crippen LogP contribution in [-0.2, 0) is 11.2 Å². The highest BCUT2D eigenvalue weighted by Gasteiger charge is 2.18. The third-order valence-corrected chi connectivity index (χ3v) is 4.26. The van der Waals surface area contributed by atoms with Crippen LogP contribution in [0.1, 0.15) is 29.0 Å². The maximum atomic E-state index is 12.2. The van der Waals surface area contributed by atoms with Gasteiger partial charge in [0, 0.05) is 51.2 Å². The van der Waals surface area contributed by atoms with E-state index in [2.05, 4.69) is 20.5 Å². The van der Waals surface area contributed by atoms with Crippen molar-refractivity contribution in [3.05, 3.63) is 47.9 Å². The predicted molar refractivity (Wildman–Crippen MR) is 94.6 cm³/mol. The number of pyridine rings is 1. The number of nitrogens with one attached hydrogen (secondary N) is 1. The van der Waals surface area contributed by atoms with Gasteiger partial charge in [-0.3, -0.25) is 9.78 Å². The number of likely N-dealkylation sites (N-methyl/N-ethyl adjacent to an activating group) is 1. The highest BCUT2D eigenvalue weighted by molar-refractivity contribution is 5.92. The van der Waals surface area contributed by atoms with Crippen molar-refractivity contribution in [3.63, 3.8) is 0 Å². The molecule has 0 spiro atoms. The van der Waals surface area contributed by atoms with Gasteiger partial charge in [0.25, 0.3) is 5.91 Å². The molecule has 1 aliphatic rings. The summed E-state index contributed by atoms with van der Waals surface area (Å²) in [6, 6.07) is 9.59. The van der Waals surface area contributed by atoms with Gasteiger partial charge in [-0.25, -0.2) is 0 Å². The summed E-state index contributed by atoms with van der Waals surface area (Å²) >= 11 is 0. The molecule has 1 fully saturated rings. The topological polar surface area (TPSA) is 80.2 Å². The third kappa shape index (κ3) is 4.96. The molecule has 0 atom stereocenters. The quantitative estimate of drug-likeness (QED) is 0.857. The molecular formula is C18H23N5O2. The van der Waals surface area contributed by atoms with Crippen molar-refractivity contribution in [2.75, 3.05) is 31.7 Å². The minimum Gasteiger partial charge on any atom is -0.381 e. The first-order valence-corrected chi connectivity index (χ1v) is 8.56. The fourth-order valence-corrected chi connectivity index (χ4v) is 2.69. The molecular weight excluding hydrogens is 318 g/mol. The fraction of sp³-hybridized carbons (Fsp3) is 0.444. The zero-order chi connectivity index (χ0) is 17.5. The molecule has 25 heavy (non-hydrogen) atoms. The minimum atomic E-state index is -0.179. The molecule has 1 amide bonds. The molecule has 2 aromatic rings. The van der Waals surface area contributed by atoms with Gasteiger partial charge in [0.2, 0.25) is 0 Å². The van der Waals surface area contributed by atoms with Crippen LogP contribution in [0, 0.1) is 0 Å². The number of nitrogens with zero attached hydrogens (tertiary/aromatic N) is 4. The second-order valence-corrected chi connectivity index (χ2v) is 6.13. The summed E-state index contributed by atoms with van der Waals surface area (Å²) in [5.74, 6) is 0.556. The first-order valence-electron chi connectivity index (χ1n) is 8.56. The van der Waals surface area contributed by atoms with Gasteiger partial charge in [0.15, 0.2) is 11.5 Å². The molecule has 2 aromatic heterocycles. The second kappa shape index (κ2) is 8.53. The Morgan fingerprint density at radius 1 is 1.24 bits per heavy atom. The van der Waals surface area contributed by atoms with Gasteiger partial charge in [-0.1, -0.05) is 6.07 Å². The summed E-state index contributed by atoms with van der Waals surface area (Å²) in [7, 11) is 1.95. The van der Waals surface area contributed by atoms with Crippen molar-refractivity contribution in [2.45, 2.75) is 25.3 Å². The molecule has 0 saturated carbocycles. The van der Waals surface area contributed by atoms with Crippen LogP contribution in [0.4, 0.5) is 5.82 Å². The van der Waals surface area contributed by atoms with E-state index in [4.69, 9.17) is 4.74 Å². The van der Waals surface area contributed by atoms with Crippen LogP contribution >= 0.6 is 0 Å². The van der Waals surface area contributed by atoms with E-state index < -0.39 is 0 Å². The maximum absolute atomic E-state index is 12.2. The van der Waals surface area contributed by atoms with Gasteiger partial charge >= 0.3 is 0 Å². The third-order valence-electron chi connectivity index (χ3n) is 4.26. The summed E-state index contributed by atoms with van der Waals surface area (Å²) in [6.07, 6.45) is 4.30. The molecule has 0 radical (unpaired) electrons. The lowest BCUT2D eigenvalue weighted by atomic mass is 10.1. The second-order valence-electron chi connectivity index (χ2n) is 6.13. The number of amides is 1. The van der Waals surface area contributed by atoms with Gasteiger partial charge in [-0.05, 0) is 37.1 Å². The highest BCUT2D eigenvalue weighted by Crippen LogP contribution is 2.10. The van der Waals surface area contributed by atoms with E-state index in [0.717, 1.165) is 37.3 Å². The summed E-state index contributed by atoms with van der Waals surface area (Å²) < 4.78 is 5.29. The van der Waals surface area contributed by atoms with Crippen LogP contribution in [0.2, 0.25) is 0 Å². The van der Waals surface area contributed by atoms with Crippen molar-refractivity contribution in [2.24, 2.45) is 0 Å². The summed E-state index contributed by atoms with van der Waals surface area (Å²) in [6.45, 7) is 2.16. The van der Waals surface area contributed by atoms with E-state index in [1.165, 1.54) is 0 Å². The highest BCUT2D eigenvalue weighted by atomic mass is 16.5. The lowest BCUT2D eigenvalue weighted by Crippen LogP contribution is -2.39. The van der Waals surface area contributed by atoms with Crippen molar-refractivity contribution in [1.82, 2.24) is 20.5 Å². The normalized spacial score (nSPS) is 14.9. The number of rotatable bonds is 6. The molecule has 1 aliphatic heterocycles. The number of aromatic nitrogens is 3. The fourth-order valence-electron chi connectivity index (χ4n) is 2.69. The molecule has 132 valence electrons. The van der Waals surface area contributed by atoms with Gasteiger partial charge in [-0.15, -0.1) is 10.2 Å². The summed E-state index contributed by atoms with van der Waals surface area (Å²) in [5, 5.41) is 11.2. The lowest BCUT2D eigenvalue weighted by Gasteiger charge is -2.23. The molecule has 3 heterocycles. The number of carbonyl (C=O) groups excluding carboxylic acids is 1. The van der Waals surface area contributed by atoms with Gasteiger partial charge < -0.3 is 15.0 Å². The Morgan fingerprint density at radius 2 is 2.08 bits per heavy atom. The Kier molecular flexibility index (Phi) is 5.90. The average molecular weight is 341 g/mol. The Balaban J connectivity index is 1.52. The van der Waals surface area contributed by atoms with Crippen molar-refractivity contribution in [3.8, 4) is 0 Å². The monoisotopic (exact) mass is 341 g/mol. The Morgan fingerprint density at radius 3 is 2.76 bits per heavy atom. The van der Waals surface area contributed by atoms with Crippen LogP contribution in [0.25, 0.3) is 0 Å². The van der Waals surface area contributed by atoms with Crippen LogP contribution < -0.4 is 10.2 Å². The van der Waals surface area contributed by atoms with Gasteiger partial charge in [-0.2, -0.15) is 0 Å². The van der Waals surface area contributed by atoms with Crippen LogP contribution in [0.15, 0.2) is 36.5 Å². The first-order chi connectivity index (χ1) is 12.2. The molecule has 0 unspecified atom stereocenters. The molecule has 0 aromatic carbocycles. The van der Waals surface area contributed by atoms with E-state index in [9.17, 15) is 4.79 Å². The zero-order valence-corrected chi connectivity index (χ0v) is 14.4. The van der Waals surface area contributed by atoms with Crippen LogP contribution in [0.3, 0.4) is 0 Å². The van der Waals surface area contributed by atoms with Crippen LogP contribution in [-0.4, -0.2) is 53.9 Å². The van der Waals surface area contributed by atoms with Crippen molar-refractivity contribution in [1.29, 1.82) is 0 Å². The van der Waals surface area contributed by atoms with Crippen molar-refractivity contribution < 1.29 is 9.53 Å². The number of carbonyl (C=O) groups is 1. The Bertz CT molecular complexity index is 672. The molecule has 3 rings (SSSR count).